The smallest absolute Gasteiger partial charge is 0.222 e. The average Bonchev–Trinajstić information content (AvgIpc) is 2.53. The van der Waals surface area contributed by atoms with Crippen molar-refractivity contribution in [3.05, 3.63) is 35.9 Å². The normalized spacial score (nSPS) is 16.0. The van der Waals surface area contributed by atoms with Gasteiger partial charge in [0.05, 0.1) is 0 Å². The van der Waals surface area contributed by atoms with Crippen LogP contribution in [0.1, 0.15) is 45.1 Å². The van der Waals surface area contributed by atoms with E-state index < -0.39 is 0 Å². The third-order valence-electron chi connectivity index (χ3n) is 4.38. The Kier molecular flexibility index (Phi) is 6.91. The summed E-state index contributed by atoms with van der Waals surface area (Å²) in [4.78, 5) is 14.7. The summed E-state index contributed by atoms with van der Waals surface area (Å²) in [5, 5.41) is 3.39. The zero-order valence-corrected chi connectivity index (χ0v) is 14.1. The molecule has 1 aliphatic rings. The van der Waals surface area contributed by atoms with Crippen molar-refractivity contribution >= 4 is 5.91 Å². The van der Waals surface area contributed by atoms with Crippen LogP contribution in [0, 0.1) is 11.8 Å². The molecule has 3 heteroatoms. The van der Waals surface area contributed by atoms with E-state index in [9.17, 15) is 4.79 Å². The SMILES string of the molecule is CC(C)CN(Cc1ccccc1)C(=O)CCC1CCNCC1. The van der Waals surface area contributed by atoms with Crippen molar-refractivity contribution in [1.82, 2.24) is 10.2 Å². The molecule has 1 saturated heterocycles. The molecule has 0 aliphatic carbocycles. The first-order valence-electron chi connectivity index (χ1n) is 8.67. The Morgan fingerprint density at radius 3 is 2.55 bits per heavy atom. The molecule has 1 fully saturated rings. The van der Waals surface area contributed by atoms with Crippen LogP contribution in [0.2, 0.25) is 0 Å². The van der Waals surface area contributed by atoms with Crippen molar-refractivity contribution in [2.45, 2.75) is 46.1 Å². The Balaban J connectivity index is 1.87. The molecule has 122 valence electrons. The van der Waals surface area contributed by atoms with Gasteiger partial charge in [-0.05, 0) is 49.8 Å². The Labute approximate surface area is 135 Å². The molecule has 1 N–H and O–H groups in total. The van der Waals surface area contributed by atoms with E-state index in [-0.39, 0.29) is 0 Å². The molecule has 22 heavy (non-hydrogen) atoms. The number of piperidine rings is 1. The number of hydrogen-bond donors (Lipinski definition) is 1. The Morgan fingerprint density at radius 2 is 1.91 bits per heavy atom. The lowest BCUT2D eigenvalue weighted by Gasteiger charge is -2.27. The maximum Gasteiger partial charge on any atom is 0.222 e. The Hall–Kier alpha value is -1.35. The fraction of sp³-hybridized carbons (Fsp3) is 0.632. The van der Waals surface area contributed by atoms with Crippen LogP contribution in [0.3, 0.4) is 0 Å². The molecule has 3 nitrogen and oxygen atoms in total. The van der Waals surface area contributed by atoms with Gasteiger partial charge in [-0.3, -0.25) is 4.79 Å². The van der Waals surface area contributed by atoms with Crippen LogP contribution in [0.15, 0.2) is 30.3 Å². The number of nitrogens with zero attached hydrogens (tertiary/aromatic N) is 1. The van der Waals surface area contributed by atoms with Crippen LogP contribution in [0.5, 0.6) is 0 Å². The van der Waals surface area contributed by atoms with E-state index in [1.54, 1.807) is 0 Å². The van der Waals surface area contributed by atoms with Crippen molar-refractivity contribution in [2.24, 2.45) is 11.8 Å². The molecule has 2 rings (SSSR count). The Bertz CT molecular complexity index is 438. The summed E-state index contributed by atoms with van der Waals surface area (Å²) in [6.07, 6.45) is 4.18. The topological polar surface area (TPSA) is 32.3 Å². The number of carbonyl (C=O) groups excluding carboxylic acids is 1. The zero-order chi connectivity index (χ0) is 15.8. The third-order valence-corrected chi connectivity index (χ3v) is 4.38. The largest absolute Gasteiger partial charge is 0.338 e. The van der Waals surface area contributed by atoms with Gasteiger partial charge in [-0.2, -0.15) is 0 Å². The van der Waals surface area contributed by atoms with Crippen LogP contribution in [0.4, 0.5) is 0 Å². The van der Waals surface area contributed by atoms with Gasteiger partial charge in [0.15, 0.2) is 0 Å². The summed E-state index contributed by atoms with van der Waals surface area (Å²) in [6, 6.07) is 10.3. The molecule has 0 unspecified atom stereocenters. The maximum absolute atomic E-state index is 12.6. The average molecular weight is 302 g/mol. The van der Waals surface area contributed by atoms with Crippen LogP contribution in [-0.4, -0.2) is 30.4 Å². The first kappa shape index (κ1) is 17.0. The van der Waals surface area contributed by atoms with E-state index in [0.29, 0.717) is 18.2 Å². The number of benzene rings is 1. The number of rotatable bonds is 7. The predicted octanol–water partition coefficient (Wildman–Crippen LogP) is 3.45. The second kappa shape index (κ2) is 8.94. The summed E-state index contributed by atoms with van der Waals surface area (Å²) < 4.78 is 0. The quantitative estimate of drug-likeness (QED) is 0.836. The Morgan fingerprint density at radius 1 is 1.23 bits per heavy atom. The van der Waals surface area contributed by atoms with Gasteiger partial charge in [-0.25, -0.2) is 0 Å². The molecule has 1 amide bonds. The lowest BCUT2D eigenvalue weighted by molar-refractivity contribution is -0.132. The monoisotopic (exact) mass is 302 g/mol. The highest BCUT2D eigenvalue weighted by Gasteiger charge is 2.19. The summed E-state index contributed by atoms with van der Waals surface area (Å²) in [5.74, 6) is 1.55. The van der Waals surface area contributed by atoms with Crippen molar-refractivity contribution in [3.63, 3.8) is 0 Å². The molecule has 1 heterocycles. The first-order chi connectivity index (χ1) is 10.6. The summed E-state index contributed by atoms with van der Waals surface area (Å²) in [6.45, 7) is 8.16. The summed E-state index contributed by atoms with van der Waals surface area (Å²) in [7, 11) is 0. The standard InChI is InChI=1S/C19H30N2O/c1-16(2)14-21(15-18-6-4-3-5-7-18)19(22)9-8-17-10-12-20-13-11-17/h3-7,16-17,20H,8-15H2,1-2H3. The molecule has 0 atom stereocenters. The van der Waals surface area contributed by atoms with Gasteiger partial charge >= 0.3 is 0 Å². The van der Waals surface area contributed by atoms with E-state index in [2.05, 4.69) is 31.3 Å². The van der Waals surface area contributed by atoms with Crippen molar-refractivity contribution in [1.29, 1.82) is 0 Å². The minimum Gasteiger partial charge on any atom is -0.338 e. The second-order valence-electron chi connectivity index (χ2n) is 6.89. The van der Waals surface area contributed by atoms with Crippen LogP contribution >= 0.6 is 0 Å². The number of amides is 1. The van der Waals surface area contributed by atoms with Gasteiger partial charge in [-0.1, -0.05) is 44.2 Å². The molecule has 0 saturated carbocycles. The minimum absolute atomic E-state index is 0.316. The molecule has 0 aromatic heterocycles. The van der Waals surface area contributed by atoms with Gasteiger partial charge in [0.1, 0.15) is 0 Å². The molecular formula is C19H30N2O. The number of carbonyl (C=O) groups is 1. The summed E-state index contributed by atoms with van der Waals surface area (Å²) in [5.41, 5.74) is 1.22. The van der Waals surface area contributed by atoms with Gasteiger partial charge in [0, 0.05) is 19.5 Å². The van der Waals surface area contributed by atoms with Crippen molar-refractivity contribution < 1.29 is 4.79 Å². The second-order valence-corrected chi connectivity index (χ2v) is 6.89. The van der Waals surface area contributed by atoms with Gasteiger partial charge in [-0.15, -0.1) is 0 Å². The molecular weight excluding hydrogens is 272 g/mol. The van der Waals surface area contributed by atoms with Gasteiger partial charge < -0.3 is 10.2 Å². The molecule has 0 radical (unpaired) electrons. The van der Waals surface area contributed by atoms with Crippen LogP contribution in [0.25, 0.3) is 0 Å². The lowest BCUT2D eigenvalue weighted by Crippen LogP contribution is -2.34. The fourth-order valence-corrected chi connectivity index (χ4v) is 3.16. The lowest BCUT2D eigenvalue weighted by atomic mass is 9.93. The molecule has 1 aromatic carbocycles. The van der Waals surface area contributed by atoms with Crippen LogP contribution < -0.4 is 5.32 Å². The highest BCUT2D eigenvalue weighted by Crippen LogP contribution is 2.19. The summed E-state index contributed by atoms with van der Waals surface area (Å²) >= 11 is 0. The van der Waals surface area contributed by atoms with Gasteiger partial charge in [0.2, 0.25) is 5.91 Å². The maximum atomic E-state index is 12.6. The highest BCUT2D eigenvalue weighted by atomic mass is 16.2. The highest BCUT2D eigenvalue weighted by molar-refractivity contribution is 5.76. The molecule has 0 bridgehead atoms. The van der Waals surface area contributed by atoms with E-state index >= 15 is 0 Å². The van der Waals surface area contributed by atoms with Gasteiger partial charge in [0.25, 0.3) is 0 Å². The number of nitrogens with one attached hydrogen (secondary N) is 1. The fourth-order valence-electron chi connectivity index (χ4n) is 3.16. The predicted molar refractivity (Wildman–Crippen MR) is 91.5 cm³/mol. The minimum atomic E-state index is 0.316. The van der Waals surface area contributed by atoms with Crippen molar-refractivity contribution in [2.75, 3.05) is 19.6 Å². The van der Waals surface area contributed by atoms with E-state index in [1.165, 1.54) is 18.4 Å². The number of hydrogen-bond acceptors (Lipinski definition) is 2. The zero-order valence-electron chi connectivity index (χ0n) is 14.1. The molecule has 0 spiro atoms. The molecule has 1 aromatic rings. The van der Waals surface area contributed by atoms with E-state index in [0.717, 1.165) is 38.5 Å². The third kappa shape index (κ3) is 5.80. The van der Waals surface area contributed by atoms with E-state index in [1.807, 2.05) is 23.1 Å². The first-order valence-corrected chi connectivity index (χ1v) is 8.67. The van der Waals surface area contributed by atoms with Crippen LogP contribution in [-0.2, 0) is 11.3 Å². The molecule has 1 aliphatic heterocycles. The van der Waals surface area contributed by atoms with E-state index in [4.69, 9.17) is 0 Å². The van der Waals surface area contributed by atoms with Crippen molar-refractivity contribution in [3.8, 4) is 0 Å².